The lowest BCUT2D eigenvalue weighted by atomic mass is 10.2. The SMILES string of the molecule is CC(C)c1nc(CN(C)C(=O)NC2CCC[C@@H]2O)cs1. The first kappa shape index (κ1) is 15.3. The zero-order valence-electron chi connectivity index (χ0n) is 12.3. The molecule has 1 fully saturated rings. The van der Waals surface area contributed by atoms with Crippen molar-refractivity contribution in [2.75, 3.05) is 7.05 Å². The Morgan fingerprint density at radius 3 is 2.90 bits per heavy atom. The summed E-state index contributed by atoms with van der Waals surface area (Å²) < 4.78 is 0. The van der Waals surface area contributed by atoms with Gasteiger partial charge in [-0.15, -0.1) is 11.3 Å². The predicted molar refractivity (Wildman–Crippen MR) is 79.8 cm³/mol. The third-order valence-corrected chi connectivity index (χ3v) is 4.79. The number of rotatable bonds is 4. The van der Waals surface area contributed by atoms with Crippen LogP contribution in [-0.2, 0) is 6.54 Å². The lowest BCUT2D eigenvalue weighted by Gasteiger charge is -2.22. The lowest BCUT2D eigenvalue weighted by molar-refractivity contribution is 0.142. The van der Waals surface area contributed by atoms with Crippen molar-refractivity contribution >= 4 is 17.4 Å². The number of nitrogens with zero attached hydrogens (tertiary/aromatic N) is 2. The lowest BCUT2D eigenvalue weighted by Crippen LogP contribution is -2.45. The van der Waals surface area contributed by atoms with Gasteiger partial charge in [-0.05, 0) is 19.3 Å². The summed E-state index contributed by atoms with van der Waals surface area (Å²) in [4.78, 5) is 18.2. The summed E-state index contributed by atoms with van der Waals surface area (Å²) in [6, 6.07) is -0.248. The van der Waals surface area contributed by atoms with Gasteiger partial charge in [-0.1, -0.05) is 13.8 Å². The third kappa shape index (κ3) is 3.70. The summed E-state index contributed by atoms with van der Waals surface area (Å²) in [7, 11) is 1.76. The van der Waals surface area contributed by atoms with Crippen molar-refractivity contribution in [1.82, 2.24) is 15.2 Å². The van der Waals surface area contributed by atoms with Crippen molar-refractivity contribution in [2.24, 2.45) is 0 Å². The zero-order chi connectivity index (χ0) is 14.7. The third-order valence-electron chi connectivity index (χ3n) is 3.60. The molecule has 0 saturated heterocycles. The van der Waals surface area contributed by atoms with Gasteiger partial charge in [-0.2, -0.15) is 0 Å². The highest BCUT2D eigenvalue weighted by Gasteiger charge is 2.27. The first-order valence-corrected chi connectivity index (χ1v) is 7.99. The van der Waals surface area contributed by atoms with Crippen LogP contribution in [-0.4, -0.2) is 40.2 Å². The van der Waals surface area contributed by atoms with Gasteiger partial charge in [0.1, 0.15) is 0 Å². The molecule has 1 saturated carbocycles. The molecule has 1 aromatic heterocycles. The number of urea groups is 1. The minimum Gasteiger partial charge on any atom is -0.391 e. The smallest absolute Gasteiger partial charge is 0.317 e. The maximum atomic E-state index is 12.1. The molecule has 0 radical (unpaired) electrons. The Labute approximate surface area is 124 Å². The molecular weight excluding hydrogens is 274 g/mol. The van der Waals surface area contributed by atoms with Crippen molar-refractivity contribution in [3.05, 3.63) is 16.1 Å². The van der Waals surface area contributed by atoms with Crippen LogP contribution in [0.5, 0.6) is 0 Å². The molecule has 6 heteroatoms. The average molecular weight is 297 g/mol. The summed E-state index contributed by atoms with van der Waals surface area (Å²) >= 11 is 1.64. The zero-order valence-corrected chi connectivity index (χ0v) is 13.1. The Balaban J connectivity index is 1.86. The topological polar surface area (TPSA) is 65.5 Å². The van der Waals surface area contributed by atoms with Crippen LogP contribution in [0.15, 0.2) is 5.38 Å². The fourth-order valence-corrected chi connectivity index (χ4v) is 3.18. The Hall–Kier alpha value is -1.14. The van der Waals surface area contributed by atoms with Crippen LogP contribution in [0.4, 0.5) is 4.79 Å². The Kier molecular flexibility index (Phi) is 4.99. The molecule has 1 unspecified atom stereocenters. The normalized spacial score (nSPS) is 22.2. The molecule has 2 N–H and O–H groups in total. The molecule has 20 heavy (non-hydrogen) atoms. The number of hydrogen-bond acceptors (Lipinski definition) is 4. The molecule has 2 atom stereocenters. The van der Waals surface area contributed by atoms with Crippen molar-refractivity contribution in [3.63, 3.8) is 0 Å². The van der Waals surface area contributed by atoms with Crippen molar-refractivity contribution in [1.29, 1.82) is 0 Å². The van der Waals surface area contributed by atoms with Crippen molar-refractivity contribution in [3.8, 4) is 0 Å². The Bertz CT molecular complexity index is 461. The summed E-state index contributed by atoms with van der Waals surface area (Å²) in [5.74, 6) is 0.418. The minimum atomic E-state index is -0.404. The van der Waals surface area contributed by atoms with E-state index >= 15 is 0 Å². The van der Waals surface area contributed by atoms with Gasteiger partial charge >= 0.3 is 6.03 Å². The first-order chi connectivity index (χ1) is 9.47. The van der Waals surface area contributed by atoms with Crippen LogP contribution in [0.3, 0.4) is 0 Å². The molecule has 1 heterocycles. The van der Waals surface area contributed by atoms with E-state index in [0.717, 1.165) is 30.0 Å². The number of hydrogen-bond donors (Lipinski definition) is 2. The average Bonchev–Trinajstić information content (AvgIpc) is 2.99. The fourth-order valence-electron chi connectivity index (χ4n) is 2.35. The van der Waals surface area contributed by atoms with Crippen LogP contribution < -0.4 is 5.32 Å². The number of aliphatic hydroxyl groups is 1. The van der Waals surface area contributed by atoms with E-state index in [4.69, 9.17) is 0 Å². The van der Waals surface area contributed by atoms with Crippen molar-refractivity contribution < 1.29 is 9.90 Å². The molecule has 1 aliphatic rings. The number of aliphatic hydroxyl groups excluding tert-OH is 1. The van der Waals surface area contributed by atoms with Crippen molar-refractivity contribution in [2.45, 2.75) is 57.7 Å². The van der Waals surface area contributed by atoms with E-state index in [1.807, 2.05) is 5.38 Å². The van der Waals surface area contributed by atoms with Gasteiger partial charge in [-0.3, -0.25) is 0 Å². The van der Waals surface area contributed by atoms with Gasteiger partial charge in [0.25, 0.3) is 0 Å². The highest BCUT2D eigenvalue weighted by atomic mass is 32.1. The predicted octanol–water partition coefficient (Wildman–Crippen LogP) is 2.32. The molecule has 1 aliphatic carbocycles. The van der Waals surface area contributed by atoms with Gasteiger partial charge < -0.3 is 15.3 Å². The number of nitrogens with one attached hydrogen (secondary N) is 1. The molecule has 0 aromatic carbocycles. The van der Waals surface area contributed by atoms with Gasteiger partial charge in [0, 0.05) is 18.3 Å². The fraction of sp³-hybridized carbons (Fsp3) is 0.714. The molecule has 0 bridgehead atoms. The maximum absolute atomic E-state index is 12.1. The van der Waals surface area contributed by atoms with Crippen LogP contribution in [0.1, 0.15) is 49.7 Å². The van der Waals surface area contributed by atoms with Crippen LogP contribution in [0.25, 0.3) is 0 Å². The minimum absolute atomic E-state index is 0.105. The second kappa shape index (κ2) is 6.54. The largest absolute Gasteiger partial charge is 0.391 e. The van der Waals surface area contributed by atoms with E-state index in [1.54, 1.807) is 23.3 Å². The molecule has 1 aromatic rings. The summed E-state index contributed by atoms with van der Waals surface area (Å²) in [6.07, 6.45) is 2.20. The highest BCUT2D eigenvalue weighted by Crippen LogP contribution is 2.21. The molecule has 112 valence electrons. The Morgan fingerprint density at radius 2 is 2.35 bits per heavy atom. The second-order valence-corrected chi connectivity index (χ2v) is 6.63. The molecule has 2 amide bonds. The van der Waals surface area contributed by atoms with E-state index in [9.17, 15) is 9.90 Å². The number of carbonyl (C=O) groups is 1. The monoisotopic (exact) mass is 297 g/mol. The molecular formula is C14H23N3O2S. The van der Waals surface area contributed by atoms with E-state index in [-0.39, 0.29) is 12.1 Å². The number of thiazole rings is 1. The highest BCUT2D eigenvalue weighted by molar-refractivity contribution is 7.09. The van der Waals surface area contributed by atoms with Gasteiger partial charge in [0.2, 0.25) is 0 Å². The molecule has 0 aliphatic heterocycles. The first-order valence-electron chi connectivity index (χ1n) is 7.11. The van der Waals surface area contributed by atoms with Crippen LogP contribution >= 0.6 is 11.3 Å². The molecule has 0 spiro atoms. The number of amides is 2. The van der Waals surface area contributed by atoms with E-state index in [0.29, 0.717) is 12.5 Å². The van der Waals surface area contributed by atoms with E-state index < -0.39 is 6.10 Å². The number of aromatic nitrogens is 1. The van der Waals surface area contributed by atoms with Gasteiger partial charge in [0.15, 0.2) is 0 Å². The standard InChI is InChI=1S/C14H23N3O2S/c1-9(2)13-15-10(8-20-13)7-17(3)14(19)16-11-5-4-6-12(11)18/h8-9,11-12,18H,4-7H2,1-3H3,(H,16,19)/t11?,12-/m0/s1. The summed E-state index contributed by atoms with van der Waals surface area (Å²) in [5, 5.41) is 15.7. The van der Waals surface area contributed by atoms with Crippen LogP contribution in [0.2, 0.25) is 0 Å². The maximum Gasteiger partial charge on any atom is 0.317 e. The van der Waals surface area contributed by atoms with E-state index in [2.05, 4.69) is 24.1 Å². The quantitative estimate of drug-likeness (QED) is 0.896. The van der Waals surface area contributed by atoms with Gasteiger partial charge in [-0.25, -0.2) is 9.78 Å². The van der Waals surface area contributed by atoms with E-state index in [1.165, 1.54) is 0 Å². The van der Waals surface area contributed by atoms with Gasteiger partial charge in [0.05, 0.1) is 29.4 Å². The molecule has 2 rings (SSSR count). The summed E-state index contributed by atoms with van der Waals surface area (Å²) in [6.45, 7) is 4.72. The second-order valence-electron chi connectivity index (χ2n) is 5.74. The molecule has 5 nitrogen and oxygen atoms in total. The van der Waals surface area contributed by atoms with Crippen LogP contribution in [0, 0.1) is 0 Å². The Morgan fingerprint density at radius 1 is 1.60 bits per heavy atom. The summed E-state index contributed by atoms with van der Waals surface area (Å²) in [5.41, 5.74) is 0.920. The number of carbonyl (C=O) groups excluding carboxylic acids is 1.